The summed E-state index contributed by atoms with van der Waals surface area (Å²) in [5.41, 5.74) is -1.66. The smallest absolute Gasteiger partial charge is 0.322 e. The van der Waals surface area contributed by atoms with Gasteiger partial charge in [-0.05, 0) is 74.2 Å². The van der Waals surface area contributed by atoms with Crippen LogP contribution in [0.25, 0.3) is 10.9 Å². The van der Waals surface area contributed by atoms with E-state index in [1.54, 1.807) is 7.11 Å². The number of anilines is 1. The largest absolute Gasteiger partial charge is 0.496 e. The van der Waals surface area contributed by atoms with Gasteiger partial charge >= 0.3 is 5.97 Å². The van der Waals surface area contributed by atoms with Crippen LogP contribution in [0.1, 0.15) is 75.3 Å². The number of carbonyl (C=O) groups excluding carboxylic acids is 3. The predicted molar refractivity (Wildman–Crippen MR) is 231 cm³/mol. The van der Waals surface area contributed by atoms with E-state index in [-0.39, 0.29) is 31.0 Å². The molecule has 9 rings (SSSR count). The Bertz CT molecular complexity index is 2300. The van der Waals surface area contributed by atoms with Crippen LogP contribution in [0, 0.1) is 11.3 Å². The lowest BCUT2D eigenvalue weighted by Gasteiger charge is -2.63. The fraction of sp³-hybridized carbons (Fsp3) is 0.596. The summed E-state index contributed by atoms with van der Waals surface area (Å²) in [6.45, 7) is 8.94. The number of aliphatic hydroxyl groups is 3. The normalized spacial score (nSPS) is 36.1. The Morgan fingerprint density at radius 2 is 1.75 bits per heavy atom. The van der Waals surface area contributed by atoms with E-state index in [4.69, 9.17) is 9.47 Å². The van der Waals surface area contributed by atoms with Crippen molar-refractivity contribution in [1.29, 1.82) is 0 Å². The third kappa shape index (κ3) is 5.74. The number of hydrogen-bond donors (Lipinski definition) is 6. The number of para-hydroxylation sites is 1. The van der Waals surface area contributed by atoms with Crippen LogP contribution in [0.2, 0.25) is 0 Å². The Labute approximate surface area is 357 Å². The second-order valence-electron chi connectivity index (χ2n) is 18.9. The highest BCUT2D eigenvalue weighted by atomic mass is 16.5. The molecule has 14 heteroatoms. The Morgan fingerprint density at radius 1 is 0.984 bits per heavy atom. The summed E-state index contributed by atoms with van der Waals surface area (Å²) in [6.07, 6.45) is 5.67. The van der Waals surface area contributed by atoms with Crippen molar-refractivity contribution < 1.29 is 39.2 Å². The molecule has 6 N–H and O–H groups in total. The number of fused-ring (bicyclic) bond motifs is 6. The first-order chi connectivity index (χ1) is 29.2. The van der Waals surface area contributed by atoms with E-state index in [0.717, 1.165) is 33.4 Å². The van der Waals surface area contributed by atoms with E-state index in [9.17, 15) is 24.9 Å². The number of piperidine rings is 1. The molecule has 3 fully saturated rings. The molecule has 5 aliphatic heterocycles. The number of likely N-dealkylation sites (N-methyl/N-ethyl adjacent to an activating group) is 1. The number of hydrogen-bond acceptors (Lipinski definition) is 11. The molecule has 10 atom stereocenters. The summed E-state index contributed by atoms with van der Waals surface area (Å²) < 4.78 is 12.3. The first-order valence-electron chi connectivity index (χ1n) is 22.1. The summed E-state index contributed by atoms with van der Waals surface area (Å²) in [7, 11) is 4.90. The lowest BCUT2D eigenvalue weighted by molar-refractivity contribution is -0.203. The van der Waals surface area contributed by atoms with Crippen molar-refractivity contribution in [1.82, 2.24) is 25.4 Å². The lowest BCUT2D eigenvalue weighted by Crippen LogP contribution is -2.81. The van der Waals surface area contributed by atoms with E-state index in [1.807, 2.05) is 62.2 Å². The summed E-state index contributed by atoms with van der Waals surface area (Å²) in [5, 5.41) is 44.6. The number of carbonyl (C=O) groups is 3. The number of esters is 1. The SMILES string of the molecule is CC[C@]1(O)C[C@H]2CN(CCc3c([nH]c4ccccc34)[C@@](C(=O)OC)(c3cc4c(cc3OC)N(C)[C@H]3[C@@](O)(C(=O)NCCNC(C)=O)[C@H](O)[C@]5(CC)C=CCN6CC[C@]43[C@@H]65)C2)C1. The monoisotopic (exact) mass is 838 g/mol. The van der Waals surface area contributed by atoms with E-state index in [2.05, 4.69) is 37.6 Å². The molecule has 0 radical (unpaired) electrons. The summed E-state index contributed by atoms with van der Waals surface area (Å²) in [4.78, 5) is 52.2. The topological polar surface area (TPSA) is 180 Å². The number of amides is 2. The number of aromatic amines is 1. The molecule has 1 spiro atoms. The van der Waals surface area contributed by atoms with Gasteiger partial charge in [-0.2, -0.15) is 0 Å². The van der Waals surface area contributed by atoms with Crippen LogP contribution in [-0.4, -0.2) is 144 Å². The summed E-state index contributed by atoms with van der Waals surface area (Å²) >= 11 is 0. The van der Waals surface area contributed by atoms with Gasteiger partial charge in [-0.15, -0.1) is 0 Å². The molecule has 2 aromatic carbocycles. The van der Waals surface area contributed by atoms with Gasteiger partial charge in [-0.3, -0.25) is 24.2 Å². The van der Waals surface area contributed by atoms with E-state index in [1.165, 1.54) is 14.0 Å². The molecule has 61 heavy (non-hydrogen) atoms. The fourth-order valence-corrected chi connectivity index (χ4v) is 13.6. The van der Waals surface area contributed by atoms with Crippen LogP contribution in [0.3, 0.4) is 0 Å². The zero-order valence-electron chi connectivity index (χ0n) is 36.3. The number of ether oxygens (including phenoxy) is 2. The van der Waals surface area contributed by atoms with Crippen molar-refractivity contribution >= 4 is 34.4 Å². The molecule has 1 unspecified atom stereocenters. The van der Waals surface area contributed by atoms with Crippen molar-refractivity contribution in [2.24, 2.45) is 11.3 Å². The number of rotatable bonds is 9. The standard InChI is InChI=1S/C47H62N6O8/c1-7-43(58)24-29-25-46(42(57)61-6,37-31(14-20-52(26-29)27-43)30-12-9-10-13-34(30)50-37)33-22-32-35(23-36(33)60-5)51(4)39-45(32)16-21-53-19-11-15-44(8-2,38(45)53)40(55)47(39,59)41(56)49-18-17-48-28(3)54/h9-13,15,22-23,29,38-40,50,55,58-59H,7-8,14,16-21,24-27H2,1-6H3,(H,48,54)(H,49,56)/t29-,38+,39-,40-,43+,44-,45-,46+,47+/m1/s1. The molecule has 6 heterocycles. The average molecular weight is 839 g/mol. The number of aliphatic hydroxyl groups excluding tert-OH is 1. The van der Waals surface area contributed by atoms with Gasteiger partial charge in [0.15, 0.2) is 5.60 Å². The number of nitrogens with one attached hydrogen (secondary N) is 3. The first-order valence-corrected chi connectivity index (χ1v) is 22.1. The van der Waals surface area contributed by atoms with Gasteiger partial charge in [0.25, 0.3) is 5.91 Å². The maximum atomic E-state index is 15.3. The highest BCUT2D eigenvalue weighted by Gasteiger charge is 2.78. The molecule has 3 aromatic rings. The van der Waals surface area contributed by atoms with Crippen LogP contribution in [0.5, 0.6) is 5.75 Å². The second kappa shape index (κ2) is 14.8. The molecule has 2 bridgehead atoms. The number of nitrogens with zero attached hydrogens (tertiary/aromatic N) is 3. The first kappa shape index (κ1) is 41.9. The van der Waals surface area contributed by atoms with Crippen LogP contribution >= 0.6 is 0 Å². The Kier molecular flexibility index (Phi) is 10.2. The van der Waals surface area contributed by atoms with Crippen LogP contribution in [-0.2, 0) is 36.4 Å². The van der Waals surface area contributed by atoms with Crippen LogP contribution < -0.4 is 20.3 Å². The van der Waals surface area contributed by atoms with Crippen LogP contribution in [0.15, 0.2) is 48.6 Å². The molecular weight excluding hydrogens is 777 g/mol. The van der Waals surface area contributed by atoms with Crippen molar-refractivity contribution in [3.05, 3.63) is 70.9 Å². The van der Waals surface area contributed by atoms with Crippen molar-refractivity contribution in [3.8, 4) is 5.75 Å². The van der Waals surface area contributed by atoms with Crippen LogP contribution in [0.4, 0.5) is 5.69 Å². The van der Waals surface area contributed by atoms with Gasteiger partial charge in [-0.25, -0.2) is 0 Å². The predicted octanol–water partition coefficient (Wildman–Crippen LogP) is 2.50. The minimum absolute atomic E-state index is 0.0621. The summed E-state index contributed by atoms with van der Waals surface area (Å²) in [6, 6.07) is 11.0. The molecule has 2 saturated heterocycles. The average Bonchev–Trinajstić information content (AvgIpc) is 3.92. The van der Waals surface area contributed by atoms with E-state index in [0.29, 0.717) is 82.6 Å². The second-order valence-corrected chi connectivity index (χ2v) is 18.9. The zero-order chi connectivity index (χ0) is 43.3. The molecule has 328 valence electrons. The zero-order valence-corrected chi connectivity index (χ0v) is 36.3. The van der Waals surface area contributed by atoms with E-state index < -0.39 is 51.5 Å². The minimum Gasteiger partial charge on any atom is -0.496 e. The summed E-state index contributed by atoms with van der Waals surface area (Å²) in [5.74, 6) is -1.03. The number of benzene rings is 2. The Hall–Kier alpha value is -4.47. The minimum atomic E-state index is -2.31. The van der Waals surface area contributed by atoms with Gasteiger partial charge in [0.2, 0.25) is 5.91 Å². The molecule has 1 aliphatic carbocycles. The van der Waals surface area contributed by atoms with Gasteiger partial charge in [-0.1, -0.05) is 44.2 Å². The van der Waals surface area contributed by atoms with Gasteiger partial charge in [0, 0.05) is 104 Å². The van der Waals surface area contributed by atoms with Gasteiger partial charge in [0.1, 0.15) is 17.3 Å². The quantitative estimate of drug-likeness (QED) is 0.106. The van der Waals surface area contributed by atoms with Crippen molar-refractivity contribution in [2.45, 2.75) is 99.5 Å². The maximum absolute atomic E-state index is 15.3. The van der Waals surface area contributed by atoms with E-state index >= 15 is 4.79 Å². The van der Waals surface area contributed by atoms with Crippen molar-refractivity contribution in [2.75, 3.05) is 72.0 Å². The molecule has 14 nitrogen and oxygen atoms in total. The molecule has 6 aliphatic rings. The Morgan fingerprint density at radius 3 is 2.48 bits per heavy atom. The maximum Gasteiger partial charge on any atom is 0.322 e. The highest BCUT2D eigenvalue weighted by Crippen LogP contribution is 2.67. The van der Waals surface area contributed by atoms with Gasteiger partial charge in [0.05, 0.1) is 25.9 Å². The molecule has 1 aromatic heterocycles. The third-order valence-electron chi connectivity index (χ3n) is 16.0. The highest BCUT2D eigenvalue weighted by molar-refractivity contribution is 5.95. The third-order valence-corrected chi connectivity index (χ3v) is 16.0. The molecule has 2 amide bonds. The molecule has 1 saturated carbocycles. The molecular formula is C47H62N6O8. The fourth-order valence-electron chi connectivity index (χ4n) is 13.6. The van der Waals surface area contributed by atoms with Crippen molar-refractivity contribution in [3.63, 3.8) is 0 Å². The van der Waals surface area contributed by atoms with Gasteiger partial charge < -0.3 is 45.3 Å². The number of methoxy groups -OCH3 is 2. The number of aromatic nitrogens is 1. The number of H-pyrrole nitrogens is 1. The Balaban J connectivity index is 1.31. The lowest BCUT2D eigenvalue weighted by atomic mass is 9.47.